The molecule has 1 atom stereocenters. The Labute approximate surface area is 103 Å². The van der Waals surface area contributed by atoms with Gasteiger partial charge in [0.25, 0.3) is 0 Å². The molecule has 1 unspecified atom stereocenters. The molecule has 0 spiro atoms. The highest BCUT2D eigenvalue weighted by Gasteiger charge is 2.08. The summed E-state index contributed by atoms with van der Waals surface area (Å²) < 4.78 is 5.76. The summed E-state index contributed by atoms with van der Waals surface area (Å²) in [4.78, 5) is 0. The van der Waals surface area contributed by atoms with E-state index in [1.54, 1.807) is 0 Å². The van der Waals surface area contributed by atoms with Gasteiger partial charge in [-0.2, -0.15) is 17.9 Å². The predicted octanol–water partition coefficient (Wildman–Crippen LogP) is 3.12. The molecule has 0 radical (unpaired) electrons. The first-order valence-electron chi connectivity index (χ1n) is 5.33. The van der Waals surface area contributed by atoms with Crippen LogP contribution in [0.1, 0.15) is 23.6 Å². The lowest BCUT2D eigenvalue weighted by molar-refractivity contribution is 0.270. The number of rotatable bonds is 4. The van der Waals surface area contributed by atoms with E-state index in [4.69, 9.17) is 10.00 Å². The first-order chi connectivity index (χ1) is 7.58. The van der Waals surface area contributed by atoms with Gasteiger partial charge in [-0.1, -0.05) is 6.92 Å². The van der Waals surface area contributed by atoms with Crippen LogP contribution in [-0.2, 0) is 0 Å². The summed E-state index contributed by atoms with van der Waals surface area (Å²) in [7, 11) is 0. The fraction of sp³-hybridized carbons (Fsp3) is 0.462. The van der Waals surface area contributed by atoms with E-state index in [-0.39, 0.29) is 0 Å². The van der Waals surface area contributed by atoms with Gasteiger partial charge in [0.15, 0.2) is 0 Å². The zero-order valence-corrected chi connectivity index (χ0v) is 10.8. The Morgan fingerprint density at radius 2 is 1.94 bits per heavy atom. The normalized spacial score (nSPS) is 11.9. The SMILES string of the molecule is Cc1cc(C#N)cc(C)c1OCC(C)CS. The molecule has 86 valence electrons. The molecule has 0 aliphatic carbocycles. The number of hydrogen-bond donors (Lipinski definition) is 1. The van der Waals surface area contributed by atoms with Crippen molar-refractivity contribution >= 4 is 12.6 Å². The van der Waals surface area contributed by atoms with Gasteiger partial charge in [-0.3, -0.25) is 0 Å². The molecule has 0 saturated carbocycles. The van der Waals surface area contributed by atoms with Gasteiger partial charge < -0.3 is 4.74 Å². The van der Waals surface area contributed by atoms with Gasteiger partial charge in [0.2, 0.25) is 0 Å². The number of benzene rings is 1. The predicted molar refractivity (Wildman–Crippen MR) is 69.1 cm³/mol. The molecule has 0 aromatic heterocycles. The van der Waals surface area contributed by atoms with Crippen LogP contribution in [0.3, 0.4) is 0 Å². The molecular formula is C13H17NOS. The third kappa shape index (κ3) is 3.18. The van der Waals surface area contributed by atoms with Crippen LogP contribution in [0.25, 0.3) is 0 Å². The van der Waals surface area contributed by atoms with Crippen LogP contribution in [0.5, 0.6) is 5.75 Å². The van der Waals surface area contributed by atoms with Crippen molar-refractivity contribution in [3.63, 3.8) is 0 Å². The molecule has 0 bridgehead atoms. The lowest BCUT2D eigenvalue weighted by Gasteiger charge is -2.15. The Kier molecular flexibility index (Phi) is 4.70. The van der Waals surface area contributed by atoms with Gasteiger partial charge in [-0.05, 0) is 48.8 Å². The topological polar surface area (TPSA) is 33.0 Å². The minimum atomic E-state index is 0.428. The second-order valence-electron chi connectivity index (χ2n) is 4.15. The van der Waals surface area contributed by atoms with Crippen LogP contribution in [0, 0.1) is 31.1 Å². The molecule has 2 nitrogen and oxygen atoms in total. The summed E-state index contributed by atoms with van der Waals surface area (Å²) in [5, 5.41) is 8.83. The van der Waals surface area contributed by atoms with Crippen LogP contribution >= 0.6 is 12.6 Å². The van der Waals surface area contributed by atoms with Crippen molar-refractivity contribution in [3.8, 4) is 11.8 Å². The summed E-state index contributed by atoms with van der Waals surface area (Å²) in [6.45, 7) is 6.70. The average molecular weight is 235 g/mol. The Balaban J connectivity index is 2.85. The summed E-state index contributed by atoms with van der Waals surface area (Å²) >= 11 is 4.22. The maximum atomic E-state index is 8.83. The molecule has 0 fully saturated rings. The third-order valence-corrected chi connectivity index (χ3v) is 3.04. The first-order valence-corrected chi connectivity index (χ1v) is 5.96. The van der Waals surface area contributed by atoms with Gasteiger partial charge in [-0.15, -0.1) is 0 Å². The van der Waals surface area contributed by atoms with E-state index >= 15 is 0 Å². The standard InChI is InChI=1S/C13H17NOS/c1-9(8-16)7-15-13-10(2)4-12(6-14)5-11(13)3/h4-5,9,16H,7-8H2,1-3H3. The smallest absolute Gasteiger partial charge is 0.125 e. The van der Waals surface area contributed by atoms with Crippen LogP contribution in [0.4, 0.5) is 0 Å². The largest absolute Gasteiger partial charge is 0.493 e. The number of aryl methyl sites for hydroxylation is 2. The molecule has 1 aromatic carbocycles. The summed E-state index contributed by atoms with van der Waals surface area (Å²) in [6, 6.07) is 5.85. The van der Waals surface area contributed by atoms with Gasteiger partial charge in [0, 0.05) is 0 Å². The Hall–Kier alpha value is -1.14. The third-order valence-electron chi connectivity index (χ3n) is 2.41. The summed E-state index contributed by atoms with van der Waals surface area (Å²) in [5.74, 6) is 2.14. The molecule has 0 N–H and O–H groups in total. The van der Waals surface area contributed by atoms with Crippen molar-refractivity contribution < 1.29 is 4.74 Å². The lowest BCUT2D eigenvalue weighted by Crippen LogP contribution is -2.11. The monoisotopic (exact) mass is 235 g/mol. The van der Waals surface area contributed by atoms with Gasteiger partial charge in [0.1, 0.15) is 5.75 Å². The molecule has 1 rings (SSSR count). The molecule has 0 amide bonds. The zero-order valence-electron chi connectivity index (χ0n) is 9.95. The highest BCUT2D eigenvalue weighted by atomic mass is 32.1. The van der Waals surface area contributed by atoms with Crippen molar-refractivity contribution in [2.24, 2.45) is 5.92 Å². The van der Waals surface area contributed by atoms with Crippen molar-refractivity contribution in [3.05, 3.63) is 28.8 Å². The van der Waals surface area contributed by atoms with Gasteiger partial charge >= 0.3 is 0 Å². The number of hydrogen-bond acceptors (Lipinski definition) is 3. The Morgan fingerprint density at radius 3 is 2.38 bits per heavy atom. The Morgan fingerprint density at radius 1 is 1.38 bits per heavy atom. The first kappa shape index (κ1) is 12.9. The van der Waals surface area contributed by atoms with Crippen molar-refractivity contribution in [1.82, 2.24) is 0 Å². The minimum Gasteiger partial charge on any atom is -0.493 e. The van der Waals surface area contributed by atoms with Crippen LogP contribution < -0.4 is 4.74 Å². The van der Waals surface area contributed by atoms with Gasteiger partial charge in [-0.25, -0.2) is 0 Å². The molecule has 0 aliphatic heterocycles. The lowest BCUT2D eigenvalue weighted by atomic mass is 10.1. The fourth-order valence-corrected chi connectivity index (χ4v) is 1.63. The maximum absolute atomic E-state index is 8.83. The minimum absolute atomic E-state index is 0.428. The molecule has 3 heteroatoms. The summed E-state index contributed by atoms with van der Waals surface area (Å²) in [6.07, 6.45) is 0. The average Bonchev–Trinajstić information content (AvgIpc) is 2.27. The molecular weight excluding hydrogens is 218 g/mol. The maximum Gasteiger partial charge on any atom is 0.125 e. The number of ether oxygens (including phenoxy) is 1. The van der Waals surface area contributed by atoms with Crippen molar-refractivity contribution in [1.29, 1.82) is 5.26 Å². The van der Waals surface area contributed by atoms with Crippen LogP contribution in [0.2, 0.25) is 0 Å². The van der Waals surface area contributed by atoms with E-state index in [0.717, 1.165) is 22.6 Å². The van der Waals surface area contributed by atoms with E-state index in [0.29, 0.717) is 18.1 Å². The molecule has 1 aromatic rings. The Bertz CT molecular complexity index is 386. The number of nitriles is 1. The van der Waals surface area contributed by atoms with Crippen LogP contribution in [-0.4, -0.2) is 12.4 Å². The second-order valence-corrected chi connectivity index (χ2v) is 4.51. The van der Waals surface area contributed by atoms with E-state index in [9.17, 15) is 0 Å². The molecule has 16 heavy (non-hydrogen) atoms. The van der Waals surface area contributed by atoms with E-state index < -0.39 is 0 Å². The van der Waals surface area contributed by atoms with E-state index in [2.05, 4.69) is 25.6 Å². The van der Waals surface area contributed by atoms with Crippen molar-refractivity contribution in [2.45, 2.75) is 20.8 Å². The quantitative estimate of drug-likeness (QED) is 0.813. The molecule has 0 heterocycles. The highest BCUT2D eigenvalue weighted by molar-refractivity contribution is 7.80. The van der Waals surface area contributed by atoms with E-state index in [1.165, 1.54) is 0 Å². The number of thiol groups is 1. The van der Waals surface area contributed by atoms with Gasteiger partial charge in [0.05, 0.1) is 18.2 Å². The highest BCUT2D eigenvalue weighted by Crippen LogP contribution is 2.25. The second kappa shape index (κ2) is 5.81. The molecule has 0 aliphatic rings. The van der Waals surface area contributed by atoms with E-state index in [1.807, 2.05) is 26.0 Å². The van der Waals surface area contributed by atoms with Crippen molar-refractivity contribution in [2.75, 3.05) is 12.4 Å². The number of nitrogens with zero attached hydrogens (tertiary/aromatic N) is 1. The van der Waals surface area contributed by atoms with Crippen LogP contribution in [0.15, 0.2) is 12.1 Å². The fourth-order valence-electron chi connectivity index (χ4n) is 1.52. The molecule has 0 saturated heterocycles. The summed E-state index contributed by atoms with van der Waals surface area (Å²) in [5.41, 5.74) is 2.72. The zero-order chi connectivity index (χ0) is 12.1.